The Morgan fingerprint density at radius 1 is 1.05 bits per heavy atom. The molecule has 216 valence electrons. The number of benzene rings is 2. The molecule has 1 unspecified atom stereocenters. The van der Waals surface area contributed by atoms with Gasteiger partial charge < -0.3 is 34.3 Å². The topological polar surface area (TPSA) is 96.1 Å². The summed E-state index contributed by atoms with van der Waals surface area (Å²) in [5.74, 6) is 1.58. The van der Waals surface area contributed by atoms with Crippen molar-refractivity contribution in [3.8, 4) is 22.8 Å². The number of H-pyrrole nitrogens is 1. The van der Waals surface area contributed by atoms with Crippen LogP contribution >= 0.6 is 0 Å². The van der Waals surface area contributed by atoms with E-state index in [1.807, 2.05) is 51.1 Å². The van der Waals surface area contributed by atoms with Crippen molar-refractivity contribution in [2.24, 2.45) is 0 Å². The van der Waals surface area contributed by atoms with Crippen LogP contribution in [0.1, 0.15) is 44.7 Å². The number of carbonyl (C=O) groups is 1. The Bertz CT molecular complexity index is 1490. The molecule has 2 N–H and O–H groups in total. The minimum absolute atomic E-state index is 0.138. The Morgan fingerprint density at radius 2 is 1.88 bits per heavy atom. The molecule has 0 aliphatic carbocycles. The number of anilines is 2. The highest BCUT2D eigenvalue weighted by atomic mass is 16.6. The molecule has 0 bridgehead atoms. The van der Waals surface area contributed by atoms with Crippen LogP contribution in [-0.2, 0) is 15.9 Å². The standard InChI is InChI=1S/C32H38N4O5/c1-32(2,3)41-31(38)36-11-5-7-24(20-36)33-23-9-10-28-22(17-23)16-21-6-4-8-26(30(21)40-28)27-18-25(19-29(37)34-27)35-12-14-39-15-13-35/h4,6,8-10,17-19,24,33H,5,7,11-16,20H2,1-3H3,(H,34,37). The summed E-state index contributed by atoms with van der Waals surface area (Å²) in [7, 11) is 0. The molecule has 0 saturated carbocycles. The molecule has 2 fully saturated rings. The predicted molar refractivity (Wildman–Crippen MR) is 159 cm³/mol. The van der Waals surface area contributed by atoms with Crippen molar-refractivity contribution in [3.05, 3.63) is 70.0 Å². The smallest absolute Gasteiger partial charge is 0.410 e. The van der Waals surface area contributed by atoms with Gasteiger partial charge in [-0.05, 0) is 69.5 Å². The fourth-order valence-electron chi connectivity index (χ4n) is 5.78. The van der Waals surface area contributed by atoms with Crippen LogP contribution in [0.3, 0.4) is 0 Å². The summed E-state index contributed by atoms with van der Waals surface area (Å²) in [6.07, 6.45) is 2.37. The van der Waals surface area contributed by atoms with Gasteiger partial charge in [0.25, 0.3) is 0 Å². The number of carbonyl (C=O) groups excluding carboxylic acids is 1. The molecule has 6 rings (SSSR count). The zero-order chi connectivity index (χ0) is 28.6. The number of aromatic nitrogens is 1. The van der Waals surface area contributed by atoms with Crippen LogP contribution in [0, 0.1) is 0 Å². The van der Waals surface area contributed by atoms with Gasteiger partial charge in [-0.3, -0.25) is 4.79 Å². The van der Waals surface area contributed by atoms with Crippen molar-refractivity contribution in [3.63, 3.8) is 0 Å². The largest absolute Gasteiger partial charge is 0.456 e. The second-order valence-corrected chi connectivity index (χ2v) is 12.0. The first-order valence-corrected chi connectivity index (χ1v) is 14.5. The van der Waals surface area contributed by atoms with Crippen LogP contribution in [0.15, 0.2) is 53.3 Å². The monoisotopic (exact) mass is 558 g/mol. The van der Waals surface area contributed by atoms with Crippen molar-refractivity contribution in [1.82, 2.24) is 9.88 Å². The van der Waals surface area contributed by atoms with Gasteiger partial charge in [-0.2, -0.15) is 0 Å². The normalized spacial score (nSPS) is 18.7. The second-order valence-electron chi connectivity index (χ2n) is 12.0. The zero-order valence-electron chi connectivity index (χ0n) is 24.0. The highest BCUT2D eigenvalue weighted by Gasteiger charge is 2.28. The molecule has 1 amide bonds. The maximum absolute atomic E-state index is 12.6. The van der Waals surface area contributed by atoms with Gasteiger partial charge in [0.2, 0.25) is 5.56 Å². The maximum atomic E-state index is 12.6. The highest BCUT2D eigenvalue weighted by molar-refractivity contribution is 5.74. The molecular formula is C32H38N4O5. The minimum atomic E-state index is -0.507. The fraction of sp³-hybridized carbons (Fsp3) is 0.438. The van der Waals surface area contributed by atoms with E-state index >= 15 is 0 Å². The van der Waals surface area contributed by atoms with E-state index in [9.17, 15) is 9.59 Å². The van der Waals surface area contributed by atoms with Gasteiger partial charge in [0.05, 0.1) is 18.9 Å². The van der Waals surface area contributed by atoms with Crippen molar-refractivity contribution < 1.29 is 19.0 Å². The third-order valence-corrected chi connectivity index (χ3v) is 7.69. The van der Waals surface area contributed by atoms with Gasteiger partial charge in [0, 0.05) is 67.2 Å². The van der Waals surface area contributed by atoms with Crippen LogP contribution < -0.4 is 20.5 Å². The molecule has 41 heavy (non-hydrogen) atoms. The molecule has 2 saturated heterocycles. The number of rotatable bonds is 4. The van der Waals surface area contributed by atoms with E-state index in [0.29, 0.717) is 26.3 Å². The molecule has 9 heteroatoms. The Kier molecular flexibility index (Phi) is 7.38. The highest BCUT2D eigenvalue weighted by Crippen LogP contribution is 2.43. The van der Waals surface area contributed by atoms with E-state index in [2.05, 4.69) is 27.3 Å². The number of amides is 1. The number of morpholine rings is 1. The van der Waals surface area contributed by atoms with Crippen molar-refractivity contribution in [1.29, 1.82) is 0 Å². The number of para-hydroxylation sites is 1. The number of hydrogen-bond acceptors (Lipinski definition) is 7. The van der Waals surface area contributed by atoms with Gasteiger partial charge in [-0.1, -0.05) is 12.1 Å². The molecule has 3 aliphatic rings. The lowest BCUT2D eigenvalue weighted by atomic mass is 9.96. The first kappa shape index (κ1) is 27.2. The minimum Gasteiger partial charge on any atom is -0.456 e. The number of nitrogens with one attached hydrogen (secondary N) is 2. The Labute approximate surface area is 240 Å². The van der Waals surface area contributed by atoms with Gasteiger partial charge in [-0.15, -0.1) is 0 Å². The van der Waals surface area contributed by atoms with E-state index in [1.54, 1.807) is 11.0 Å². The van der Waals surface area contributed by atoms with E-state index in [0.717, 1.165) is 77.6 Å². The Morgan fingerprint density at radius 3 is 2.68 bits per heavy atom. The number of pyridine rings is 1. The first-order chi connectivity index (χ1) is 19.7. The summed E-state index contributed by atoms with van der Waals surface area (Å²) in [5, 5.41) is 3.63. The molecular weight excluding hydrogens is 520 g/mol. The lowest BCUT2D eigenvalue weighted by Crippen LogP contribution is -2.47. The van der Waals surface area contributed by atoms with Gasteiger partial charge in [-0.25, -0.2) is 4.79 Å². The first-order valence-electron chi connectivity index (χ1n) is 14.5. The molecule has 1 aromatic heterocycles. The molecule has 1 atom stereocenters. The molecule has 4 heterocycles. The quantitative estimate of drug-likeness (QED) is 0.347. The zero-order valence-corrected chi connectivity index (χ0v) is 24.0. The van der Waals surface area contributed by atoms with Crippen LogP contribution in [0.4, 0.5) is 16.2 Å². The van der Waals surface area contributed by atoms with Crippen molar-refractivity contribution in [2.75, 3.05) is 49.6 Å². The van der Waals surface area contributed by atoms with E-state index < -0.39 is 5.60 Å². The van der Waals surface area contributed by atoms with E-state index in [4.69, 9.17) is 14.2 Å². The summed E-state index contributed by atoms with van der Waals surface area (Å²) >= 11 is 0. The SMILES string of the molecule is CC(C)(C)OC(=O)N1CCCC(Nc2ccc3c(c2)Cc2cccc(-c4cc(N5CCOCC5)cc(=O)[nH]4)c2O3)C1. The number of aromatic amines is 1. The number of piperidine rings is 1. The number of nitrogens with zero attached hydrogens (tertiary/aromatic N) is 2. The van der Waals surface area contributed by atoms with E-state index in [-0.39, 0.29) is 17.7 Å². The van der Waals surface area contributed by atoms with Crippen LogP contribution in [0.25, 0.3) is 11.3 Å². The number of hydrogen-bond donors (Lipinski definition) is 2. The lowest BCUT2D eigenvalue weighted by molar-refractivity contribution is 0.0206. The molecule has 9 nitrogen and oxygen atoms in total. The van der Waals surface area contributed by atoms with Crippen molar-refractivity contribution in [2.45, 2.75) is 51.7 Å². The lowest BCUT2D eigenvalue weighted by Gasteiger charge is -2.35. The number of likely N-dealkylation sites (tertiary alicyclic amines) is 1. The summed E-state index contributed by atoms with van der Waals surface area (Å²) in [6, 6.07) is 16.1. The van der Waals surface area contributed by atoms with Crippen molar-refractivity contribution >= 4 is 17.5 Å². The van der Waals surface area contributed by atoms with E-state index in [1.165, 1.54) is 0 Å². The summed E-state index contributed by atoms with van der Waals surface area (Å²) < 4.78 is 17.5. The van der Waals surface area contributed by atoms with Gasteiger partial charge >= 0.3 is 6.09 Å². The maximum Gasteiger partial charge on any atom is 0.410 e. The fourth-order valence-corrected chi connectivity index (χ4v) is 5.78. The Hall–Kier alpha value is -3.98. The van der Waals surface area contributed by atoms with Gasteiger partial charge in [0.1, 0.15) is 17.1 Å². The molecule has 3 aliphatic heterocycles. The van der Waals surface area contributed by atoms with Crippen LogP contribution in [0.5, 0.6) is 11.5 Å². The third-order valence-electron chi connectivity index (χ3n) is 7.69. The summed E-state index contributed by atoms with van der Waals surface area (Å²) in [5.41, 5.74) is 5.02. The average molecular weight is 559 g/mol. The Balaban J connectivity index is 1.19. The second kappa shape index (κ2) is 11.1. The molecule has 3 aromatic rings. The number of fused-ring (bicyclic) bond motifs is 2. The third kappa shape index (κ3) is 6.20. The summed E-state index contributed by atoms with van der Waals surface area (Å²) in [6.45, 7) is 9.83. The van der Waals surface area contributed by atoms with Crippen LogP contribution in [0.2, 0.25) is 0 Å². The molecule has 0 spiro atoms. The number of ether oxygens (including phenoxy) is 3. The predicted octanol–water partition coefficient (Wildman–Crippen LogP) is 5.39. The van der Waals surface area contributed by atoms with Gasteiger partial charge in [0.15, 0.2) is 0 Å². The molecule has 2 aromatic carbocycles. The summed E-state index contributed by atoms with van der Waals surface area (Å²) in [4.78, 5) is 32.2. The molecule has 0 radical (unpaired) electrons. The van der Waals surface area contributed by atoms with Crippen LogP contribution in [-0.4, -0.2) is 67.0 Å². The average Bonchev–Trinajstić information content (AvgIpc) is 2.95.